The van der Waals surface area contributed by atoms with Gasteiger partial charge in [0.15, 0.2) is 0 Å². The third-order valence-electron chi connectivity index (χ3n) is 2.01. The highest BCUT2D eigenvalue weighted by molar-refractivity contribution is 7.16. The second kappa shape index (κ2) is 5.15. The van der Waals surface area contributed by atoms with Gasteiger partial charge in [-0.3, -0.25) is 0 Å². The van der Waals surface area contributed by atoms with Crippen LogP contribution in [0.4, 0.5) is 10.6 Å². The molecular formula is C9H10ClN5OS. The van der Waals surface area contributed by atoms with Crippen molar-refractivity contribution in [2.24, 2.45) is 5.73 Å². The molecule has 0 bridgehead atoms. The predicted molar refractivity (Wildman–Crippen MR) is 68.5 cm³/mol. The molecule has 0 radical (unpaired) electrons. The maximum atomic E-state index is 10.5. The number of halogens is 1. The van der Waals surface area contributed by atoms with Crippen molar-refractivity contribution >= 4 is 45.0 Å². The number of nitrogens with one attached hydrogen (secondary N) is 2. The summed E-state index contributed by atoms with van der Waals surface area (Å²) in [6.45, 7) is 0.934. The Morgan fingerprint density at radius 1 is 1.47 bits per heavy atom. The summed E-state index contributed by atoms with van der Waals surface area (Å²) in [6.07, 6.45) is 0. The molecule has 0 aromatic carbocycles. The van der Waals surface area contributed by atoms with Gasteiger partial charge in [0.1, 0.15) is 10.6 Å². The molecule has 0 saturated heterocycles. The number of hydrogen-bond acceptors (Lipinski definition) is 5. The number of rotatable bonds is 4. The summed E-state index contributed by atoms with van der Waals surface area (Å²) in [5.74, 6) is 0.660. The number of nitrogens with zero attached hydrogens (tertiary/aromatic N) is 2. The molecule has 2 aromatic heterocycles. The number of primary amides is 1. The lowest BCUT2D eigenvalue weighted by molar-refractivity contribution is 0.249. The van der Waals surface area contributed by atoms with Gasteiger partial charge in [0, 0.05) is 13.1 Å². The van der Waals surface area contributed by atoms with Crippen molar-refractivity contribution in [3.8, 4) is 0 Å². The van der Waals surface area contributed by atoms with E-state index in [4.69, 9.17) is 17.3 Å². The summed E-state index contributed by atoms with van der Waals surface area (Å²) >= 11 is 7.29. The third kappa shape index (κ3) is 2.95. The molecule has 0 atom stereocenters. The summed E-state index contributed by atoms with van der Waals surface area (Å²) in [5.41, 5.74) is 4.95. The van der Waals surface area contributed by atoms with Crippen LogP contribution in [0, 0.1) is 0 Å². The van der Waals surface area contributed by atoms with Crippen molar-refractivity contribution < 1.29 is 4.79 Å². The van der Waals surface area contributed by atoms with Crippen molar-refractivity contribution in [1.29, 1.82) is 0 Å². The first-order valence-corrected chi connectivity index (χ1v) is 6.10. The minimum absolute atomic E-state index is 0.199. The Hall–Kier alpha value is -1.60. The molecule has 0 aliphatic rings. The van der Waals surface area contributed by atoms with Crippen molar-refractivity contribution in [1.82, 2.24) is 15.3 Å². The van der Waals surface area contributed by atoms with Crippen LogP contribution in [-0.2, 0) is 0 Å². The molecule has 6 nitrogen and oxygen atoms in total. The minimum Gasteiger partial charge on any atom is -0.368 e. The topological polar surface area (TPSA) is 92.9 Å². The van der Waals surface area contributed by atoms with Gasteiger partial charge in [-0.15, -0.1) is 11.3 Å². The minimum atomic E-state index is -0.548. The Morgan fingerprint density at radius 3 is 3.06 bits per heavy atom. The highest BCUT2D eigenvalue weighted by Crippen LogP contribution is 2.25. The Bertz CT molecular complexity index is 543. The van der Waals surface area contributed by atoms with E-state index >= 15 is 0 Å². The first kappa shape index (κ1) is 11.9. The van der Waals surface area contributed by atoms with Gasteiger partial charge >= 0.3 is 6.03 Å². The SMILES string of the molecule is NC(=O)NCCNc1nc(Cl)nc2sccc12. The zero-order chi connectivity index (χ0) is 12.3. The van der Waals surface area contributed by atoms with Gasteiger partial charge in [0.2, 0.25) is 5.28 Å². The third-order valence-corrected chi connectivity index (χ3v) is 2.99. The van der Waals surface area contributed by atoms with E-state index in [1.807, 2.05) is 11.4 Å². The number of amides is 2. The molecule has 90 valence electrons. The van der Waals surface area contributed by atoms with Crippen molar-refractivity contribution in [3.63, 3.8) is 0 Å². The monoisotopic (exact) mass is 271 g/mol. The fourth-order valence-electron chi connectivity index (χ4n) is 1.33. The van der Waals surface area contributed by atoms with E-state index in [1.54, 1.807) is 0 Å². The van der Waals surface area contributed by atoms with Crippen LogP contribution >= 0.6 is 22.9 Å². The number of thiophene rings is 1. The van der Waals surface area contributed by atoms with Crippen LogP contribution in [0.5, 0.6) is 0 Å². The molecule has 0 fully saturated rings. The number of urea groups is 1. The van der Waals surface area contributed by atoms with Gasteiger partial charge in [0.05, 0.1) is 5.39 Å². The quantitative estimate of drug-likeness (QED) is 0.579. The van der Waals surface area contributed by atoms with Gasteiger partial charge in [0.25, 0.3) is 0 Å². The predicted octanol–water partition coefficient (Wildman–Crippen LogP) is 1.42. The summed E-state index contributed by atoms with van der Waals surface area (Å²) in [4.78, 5) is 19.5. The van der Waals surface area contributed by atoms with Crippen LogP contribution in [0.2, 0.25) is 5.28 Å². The lowest BCUT2D eigenvalue weighted by Gasteiger charge is -2.07. The van der Waals surface area contributed by atoms with Crippen LogP contribution in [-0.4, -0.2) is 29.1 Å². The number of fused-ring (bicyclic) bond motifs is 1. The zero-order valence-electron chi connectivity index (χ0n) is 8.74. The molecule has 17 heavy (non-hydrogen) atoms. The molecule has 0 aliphatic carbocycles. The second-order valence-electron chi connectivity index (χ2n) is 3.20. The van der Waals surface area contributed by atoms with E-state index < -0.39 is 6.03 Å². The van der Waals surface area contributed by atoms with Crippen molar-refractivity contribution in [2.45, 2.75) is 0 Å². The van der Waals surface area contributed by atoms with E-state index in [2.05, 4.69) is 20.6 Å². The number of hydrogen-bond donors (Lipinski definition) is 3. The molecule has 0 saturated carbocycles. The molecule has 4 N–H and O–H groups in total. The molecule has 8 heteroatoms. The van der Waals surface area contributed by atoms with E-state index in [1.165, 1.54) is 11.3 Å². The Kier molecular flexibility index (Phi) is 3.60. The number of carbonyl (C=O) groups is 1. The maximum absolute atomic E-state index is 10.5. The smallest absolute Gasteiger partial charge is 0.312 e. The number of carbonyl (C=O) groups excluding carboxylic acids is 1. The Labute approximate surface area is 106 Å². The highest BCUT2D eigenvalue weighted by atomic mass is 35.5. The number of nitrogens with two attached hydrogens (primary N) is 1. The Balaban J connectivity index is 2.07. The van der Waals surface area contributed by atoms with Crippen LogP contribution < -0.4 is 16.4 Å². The maximum Gasteiger partial charge on any atom is 0.312 e. The molecule has 2 amide bonds. The van der Waals surface area contributed by atoms with Gasteiger partial charge < -0.3 is 16.4 Å². The number of aromatic nitrogens is 2. The lowest BCUT2D eigenvalue weighted by atomic mass is 10.4. The standard InChI is InChI=1S/C9H10ClN5OS/c10-8-14-6(12-2-3-13-9(11)16)5-1-4-17-7(5)15-8/h1,4H,2-3H2,(H3,11,13,16)(H,12,14,15). The first-order chi connectivity index (χ1) is 8.16. The largest absolute Gasteiger partial charge is 0.368 e. The summed E-state index contributed by atoms with van der Waals surface area (Å²) in [5, 5.41) is 8.58. The van der Waals surface area contributed by atoms with E-state index in [0.717, 1.165) is 10.2 Å². The second-order valence-corrected chi connectivity index (χ2v) is 4.43. The molecule has 0 spiro atoms. The molecule has 2 aromatic rings. The zero-order valence-corrected chi connectivity index (χ0v) is 10.3. The van der Waals surface area contributed by atoms with E-state index in [-0.39, 0.29) is 5.28 Å². The molecule has 2 heterocycles. The van der Waals surface area contributed by atoms with Crippen molar-refractivity contribution in [3.05, 3.63) is 16.7 Å². The summed E-state index contributed by atoms with van der Waals surface area (Å²) in [7, 11) is 0. The van der Waals surface area contributed by atoms with Gasteiger partial charge in [-0.1, -0.05) is 0 Å². The molecule has 2 rings (SSSR count). The normalized spacial score (nSPS) is 10.4. The van der Waals surface area contributed by atoms with E-state index in [0.29, 0.717) is 18.9 Å². The number of anilines is 1. The van der Waals surface area contributed by atoms with Gasteiger partial charge in [-0.05, 0) is 23.0 Å². The highest BCUT2D eigenvalue weighted by Gasteiger charge is 2.06. The summed E-state index contributed by atoms with van der Waals surface area (Å²) < 4.78 is 0. The van der Waals surface area contributed by atoms with Crippen LogP contribution in [0.25, 0.3) is 10.2 Å². The van der Waals surface area contributed by atoms with Gasteiger partial charge in [-0.25, -0.2) is 14.8 Å². The Morgan fingerprint density at radius 2 is 2.29 bits per heavy atom. The first-order valence-electron chi connectivity index (χ1n) is 4.85. The lowest BCUT2D eigenvalue weighted by Crippen LogP contribution is -2.33. The summed E-state index contributed by atoms with van der Waals surface area (Å²) in [6, 6.07) is 1.37. The van der Waals surface area contributed by atoms with Gasteiger partial charge in [-0.2, -0.15) is 0 Å². The van der Waals surface area contributed by atoms with E-state index in [9.17, 15) is 4.79 Å². The van der Waals surface area contributed by atoms with Crippen LogP contribution in [0.15, 0.2) is 11.4 Å². The average molecular weight is 272 g/mol. The molecular weight excluding hydrogens is 262 g/mol. The van der Waals surface area contributed by atoms with Crippen molar-refractivity contribution in [2.75, 3.05) is 18.4 Å². The fourth-order valence-corrected chi connectivity index (χ4v) is 2.31. The van der Waals surface area contributed by atoms with Crippen LogP contribution in [0.3, 0.4) is 0 Å². The fraction of sp³-hybridized carbons (Fsp3) is 0.222. The molecule has 0 unspecified atom stereocenters. The van der Waals surface area contributed by atoms with Crippen LogP contribution in [0.1, 0.15) is 0 Å². The average Bonchev–Trinajstić information content (AvgIpc) is 2.71. The molecule has 0 aliphatic heterocycles.